The van der Waals surface area contributed by atoms with Gasteiger partial charge < -0.3 is 14.4 Å². The van der Waals surface area contributed by atoms with Crippen LogP contribution in [0.3, 0.4) is 0 Å². The number of hydrogen-bond acceptors (Lipinski definition) is 6. The third-order valence-corrected chi connectivity index (χ3v) is 8.82. The molecular formula is C27H28ClN3O5S. The zero-order valence-corrected chi connectivity index (χ0v) is 22.0. The molecule has 194 valence electrons. The van der Waals surface area contributed by atoms with Gasteiger partial charge in [0.15, 0.2) is 11.5 Å². The molecule has 0 atom stereocenters. The summed E-state index contributed by atoms with van der Waals surface area (Å²) in [5, 5.41) is 0.440. The normalized spacial score (nSPS) is 15.6. The second-order valence-corrected chi connectivity index (χ2v) is 11.4. The maximum Gasteiger partial charge on any atom is 0.264 e. The van der Waals surface area contributed by atoms with Gasteiger partial charge in [-0.05, 0) is 54.4 Å². The van der Waals surface area contributed by atoms with Crippen LogP contribution in [0.4, 0.5) is 5.69 Å². The number of halogens is 1. The van der Waals surface area contributed by atoms with Gasteiger partial charge in [-0.2, -0.15) is 0 Å². The van der Waals surface area contributed by atoms with E-state index >= 15 is 0 Å². The van der Waals surface area contributed by atoms with Crippen molar-refractivity contribution in [3.05, 3.63) is 82.9 Å². The number of ether oxygens (including phenoxy) is 2. The van der Waals surface area contributed by atoms with Crippen molar-refractivity contribution in [1.82, 2.24) is 9.80 Å². The predicted molar refractivity (Wildman–Crippen MR) is 142 cm³/mol. The number of carbonyl (C=O) groups is 1. The SMILES string of the molecule is Cc1ccc(N(CC(=O)N2CCN(Cc3ccc4c(c3)OCO4)CC2)S(=O)(=O)c2ccccc2)cc1Cl. The van der Waals surface area contributed by atoms with Crippen LogP contribution in [0.2, 0.25) is 5.02 Å². The summed E-state index contributed by atoms with van der Waals surface area (Å²) in [4.78, 5) is 17.4. The first-order valence-electron chi connectivity index (χ1n) is 12.0. The van der Waals surface area contributed by atoms with Gasteiger partial charge >= 0.3 is 0 Å². The highest BCUT2D eigenvalue weighted by atomic mass is 35.5. The Balaban J connectivity index is 1.28. The van der Waals surface area contributed by atoms with Crippen LogP contribution in [0, 0.1) is 6.92 Å². The average molecular weight is 542 g/mol. The van der Waals surface area contributed by atoms with E-state index in [1.54, 1.807) is 41.3 Å². The molecule has 2 aliphatic rings. The van der Waals surface area contributed by atoms with Crippen LogP contribution >= 0.6 is 11.6 Å². The van der Waals surface area contributed by atoms with E-state index in [0.29, 0.717) is 36.9 Å². The maximum absolute atomic E-state index is 13.6. The van der Waals surface area contributed by atoms with Gasteiger partial charge in [-0.15, -0.1) is 0 Å². The Morgan fingerprint density at radius 3 is 2.41 bits per heavy atom. The van der Waals surface area contributed by atoms with Crippen molar-refractivity contribution in [2.75, 3.05) is 43.8 Å². The standard InChI is InChI=1S/C27H28ClN3O5S/c1-20-7-9-22(16-24(20)28)31(37(33,34)23-5-3-2-4-6-23)18-27(32)30-13-11-29(12-14-30)17-21-8-10-25-26(15-21)36-19-35-25/h2-10,15-16H,11-14,17-19H2,1H3. The lowest BCUT2D eigenvalue weighted by Crippen LogP contribution is -2.51. The Hall–Kier alpha value is -3.27. The van der Waals surface area contributed by atoms with Crippen LogP contribution in [0.5, 0.6) is 11.5 Å². The number of carbonyl (C=O) groups excluding carboxylic acids is 1. The van der Waals surface area contributed by atoms with Gasteiger partial charge in [-0.1, -0.05) is 41.9 Å². The number of piperazine rings is 1. The summed E-state index contributed by atoms with van der Waals surface area (Å²) in [6, 6.07) is 19.1. The molecule has 0 N–H and O–H groups in total. The molecule has 0 saturated carbocycles. The second-order valence-electron chi connectivity index (χ2n) is 9.10. The van der Waals surface area contributed by atoms with E-state index in [1.807, 2.05) is 25.1 Å². The molecule has 10 heteroatoms. The summed E-state index contributed by atoms with van der Waals surface area (Å²) in [6.45, 7) is 4.90. The van der Waals surface area contributed by atoms with Crippen molar-refractivity contribution in [2.24, 2.45) is 0 Å². The fourth-order valence-corrected chi connectivity index (χ4v) is 6.05. The molecule has 0 spiro atoms. The molecule has 1 saturated heterocycles. The van der Waals surface area contributed by atoms with Crippen molar-refractivity contribution >= 4 is 33.2 Å². The van der Waals surface area contributed by atoms with E-state index in [0.717, 1.165) is 33.5 Å². The number of amides is 1. The number of rotatable bonds is 7. The van der Waals surface area contributed by atoms with Crippen LogP contribution in [-0.2, 0) is 21.4 Å². The molecule has 0 unspecified atom stereocenters. The summed E-state index contributed by atoms with van der Waals surface area (Å²) in [5.74, 6) is 1.25. The van der Waals surface area contributed by atoms with Crippen LogP contribution in [0.1, 0.15) is 11.1 Å². The number of sulfonamides is 1. The average Bonchev–Trinajstić information content (AvgIpc) is 3.38. The number of aryl methyl sites for hydroxylation is 1. The van der Waals surface area contributed by atoms with Crippen LogP contribution in [-0.4, -0.2) is 63.6 Å². The first-order valence-corrected chi connectivity index (χ1v) is 13.9. The molecular weight excluding hydrogens is 514 g/mol. The molecule has 1 amide bonds. The summed E-state index contributed by atoms with van der Waals surface area (Å²) in [5.41, 5.74) is 2.29. The zero-order chi connectivity index (χ0) is 26.0. The summed E-state index contributed by atoms with van der Waals surface area (Å²) < 4.78 is 39.1. The second kappa shape index (κ2) is 10.6. The summed E-state index contributed by atoms with van der Waals surface area (Å²) in [7, 11) is -3.98. The lowest BCUT2D eigenvalue weighted by Gasteiger charge is -2.36. The van der Waals surface area contributed by atoms with Crippen molar-refractivity contribution < 1.29 is 22.7 Å². The maximum atomic E-state index is 13.6. The minimum atomic E-state index is -3.98. The highest BCUT2D eigenvalue weighted by Crippen LogP contribution is 2.33. The van der Waals surface area contributed by atoms with E-state index in [1.165, 1.54) is 12.1 Å². The lowest BCUT2D eigenvalue weighted by atomic mass is 10.1. The van der Waals surface area contributed by atoms with Gasteiger partial charge in [0.2, 0.25) is 12.7 Å². The molecule has 8 nitrogen and oxygen atoms in total. The molecule has 0 bridgehead atoms. The number of anilines is 1. The first-order chi connectivity index (χ1) is 17.8. The van der Waals surface area contributed by atoms with Crippen LogP contribution < -0.4 is 13.8 Å². The van der Waals surface area contributed by atoms with Crippen molar-refractivity contribution in [2.45, 2.75) is 18.4 Å². The first kappa shape index (κ1) is 25.4. The van der Waals surface area contributed by atoms with Crippen molar-refractivity contribution in [3.8, 4) is 11.5 Å². The van der Waals surface area contributed by atoms with Crippen molar-refractivity contribution in [1.29, 1.82) is 0 Å². The van der Waals surface area contributed by atoms with E-state index in [-0.39, 0.29) is 24.1 Å². The predicted octanol–water partition coefficient (Wildman–Crippen LogP) is 3.92. The summed E-state index contributed by atoms with van der Waals surface area (Å²) in [6.07, 6.45) is 0. The molecule has 0 aromatic heterocycles. The Bertz CT molecular complexity index is 1390. The van der Waals surface area contributed by atoms with Gasteiger partial charge in [-0.3, -0.25) is 14.0 Å². The minimum absolute atomic E-state index is 0.119. The molecule has 2 aliphatic heterocycles. The van der Waals surface area contributed by atoms with E-state index in [2.05, 4.69) is 4.90 Å². The third-order valence-electron chi connectivity index (χ3n) is 6.62. The molecule has 3 aromatic rings. The van der Waals surface area contributed by atoms with E-state index < -0.39 is 10.0 Å². The Kier molecular flexibility index (Phi) is 7.28. The Morgan fingerprint density at radius 1 is 0.946 bits per heavy atom. The fraction of sp³-hybridized carbons (Fsp3) is 0.296. The quantitative estimate of drug-likeness (QED) is 0.451. The minimum Gasteiger partial charge on any atom is -0.454 e. The lowest BCUT2D eigenvalue weighted by molar-refractivity contribution is -0.131. The molecule has 2 heterocycles. The zero-order valence-electron chi connectivity index (χ0n) is 20.5. The smallest absolute Gasteiger partial charge is 0.264 e. The molecule has 37 heavy (non-hydrogen) atoms. The molecule has 5 rings (SSSR count). The van der Waals surface area contributed by atoms with Gasteiger partial charge in [0.25, 0.3) is 10.0 Å². The Labute approximate surface area is 222 Å². The topological polar surface area (TPSA) is 79.4 Å². The van der Waals surface area contributed by atoms with Gasteiger partial charge in [0.05, 0.1) is 10.6 Å². The fourth-order valence-electron chi connectivity index (χ4n) is 4.45. The van der Waals surface area contributed by atoms with Gasteiger partial charge in [-0.25, -0.2) is 8.42 Å². The largest absolute Gasteiger partial charge is 0.454 e. The van der Waals surface area contributed by atoms with Crippen molar-refractivity contribution in [3.63, 3.8) is 0 Å². The van der Waals surface area contributed by atoms with Crippen LogP contribution in [0.25, 0.3) is 0 Å². The van der Waals surface area contributed by atoms with E-state index in [4.69, 9.17) is 21.1 Å². The number of nitrogens with zero attached hydrogens (tertiary/aromatic N) is 3. The summed E-state index contributed by atoms with van der Waals surface area (Å²) >= 11 is 6.32. The molecule has 0 aliphatic carbocycles. The monoisotopic (exact) mass is 541 g/mol. The third kappa shape index (κ3) is 5.53. The molecule has 1 fully saturated rings. The van der Waals surface area contributed by atoms with Gasteiger partial charge in [0.1, 0.15) is 6.54 Å². The highest BCUT2D eigenvalue weighted by molar-refractivity contribution is 7.92. The Morgan fingerprint density at radius 2 is 1.68 bits per heavy atom. The molecule has 0 radical (unpaired) electrons. The molecule has 3 aromatic carbocycles. The van der Waals surface area contributed by atoms with Gasteiger partial charge in [0, 0.05) is 37.7 Å². The number of benzene rings is 3. The number of hydrogen-bond donors (Lipinski definition) is 0. The van der Waals surface area contributed by atoms with Crippen LogP contribution in [0.15, 0.2) is 71.6 Å². The van der Waals surface area contributed by atoms with E-state index in [9.17, 15) is 13.2 Å². The highest BCUT2D eigenvalue weighted by Gasteiger charge is 2.30. The number of fused-ring (bicyclic) bond motifs is 1.